The monoisotopic (exact) mass is 416 g/mol. The molecule has 29 heavy (non-hydrogen) atoms. The summed E-state index contributed by atoms with van der Waals surface area (Å²) in [6.07, 6.45) is 7.35. The van der Waals surface area contributed by atoms with Crippen LogP contribution in [0.5, 0.6) is 0 Å². The van der Waals surface area contributed by atoms with Gasteiger partial charge in [-0.15, -0.1) is 0 Å². The molecule has 2 amide bonds. The van der Waals surface area contributed by atoms with Crippen LogP contribution < -0.4 is 0 Å². The van der Waals surface area contributed by atoms with E-state index in [1.165, 1.54) is 0 Å². The molecule has 0 spiro atoms. The second-order valence-electron chi connectivity index (χ2n) is 9.42. The van der Waals surface area contributed by atoms with Crippen molar-refractivity contribution in [2.45, 2.75) is 89.5 Å². The highest BCUT2D eigenvalue weighted by molar-refractivity contribution is 5.79. The maximum Gasteiger partial charge on any atom is 0.250 e. The van der Waals surface area contributed by atoms with Gasteiger partial charge in [0, 0.05) is 18.4 Å². The number of nitrogens with zero attached hydrogens (tertiary/aromatic N) is 2. The van der Waals surface area contributed by atoms with E-state index < -0.39 is 0 Å². The third-order valence-electron chi connectivity index (χ3n) is 5.13. The molecule has 2 aliphatic rings. The Kier molecular flexibility index (Phi) is 14.5. The average molecular weight is 417 g/mol. The minimum atomic E-state index is -0.169. The Morgan fingerprint density at radius 3 is 1.76 bits per heavy atom. The molecule has 174 valence electrons. The largest absolute Gasteiger partial charge is 0.286 e. The van der Waals surface area contributed by atoms with Gasteiger partial charge < -0.3 is 0 Å². The molecule has 2 rings (SSSR count). The number of carbonyl (C=O) groups is 2. The first kappa shape index (κ1) is 32.3. The molecule has 2 unspecified atom stereocenters. The molecule has 1 fully saturated rings. The maximum absolute atomic E-state index is 11.7. The van der Waals surface area contributed by atoms with Gasteiger partial charge in [-0.25, -0.2) is 10.1 Å². The standard InChI is InChI=1S/C10H19NO2.C10H17NO2.3CH4/c2*1-10(2,3)8-6-4-5-7-11(13)9(8)12;;;/h8,13H,4-7H2,1-3H3;4-5,8,13H,6-7H2,1-3H3;3*1H4. The lowest BCUT2D eigenvalue weighted by atomic mass is 9.78. The normalized spacial score (nSPS) is 22.8. The zero-order valence-corrected chi connectivity index (χ0v) is 17.2. The summed E-state index contributed by atoms with van der Waals surface area (Å²) in [5, 5.41) is 20.4. The number of allylic oxidation sites excluding steroid dienone is 1. The van der Waals surface area contributed by atoms with Crippen LogP contribution in [0.4, 0.5) is 0 Å². The van der Waals surface area contributed by atoms with Crippen LogP contribution in [0.3, 0.4) is 0 Å². The minimum absolute atomic E-state index is 0. The van der Waals surface area contributed by atoms with E-state index in [1.54, 1.807) is 0 Å². The topological polar surface area (TPSA) is 81.1 Å². The molecule has 6 nitrogen and oxygen atoms in total. The maximum atomic E-state index is 11.7. The van der Waals surface area contributed by atoms with E-state index in [2.05, 4.69) is 20.8 Å². The molecule has 0 radical (unpaired) electrons. The van der Waals surface area contributed by atoms with Crippen molar-refractivity contribution < 1.29 is 20.0 Å². The van der Waals surface area contributed by atoms with E-state index >= 15 is 0 Å². The summed E-state index contributed by atoms with van der Waals surface area (Å²) >= 11 is 0. The quantitative estimate of drug-likeness (QED) is 0.387. The van der Waals surface area contributed by atoms with Crippen molar-refractivity contribution in [3.8, 4) is 0 Å². The number of amides is 2. The summed E-state index contributed by atoms with van der Waals surface area (Å²) in [7, 11) is 0. The Balaban J connectivity index is -0.000000422. The molecule has 2 aliphatic heterocycles. The molecular formula is C23H48N2O4. The Hall–Kier alpha value is -1.40. The second-order valence-corrected chi connectivity index (χ2v) is 9.42. The first-order chi connectivity index (χ1) is 11.9. The summed E-state index contributed by atoms with van der Waals surface area (Å²) in [5.41, 5.74) is -0.130. The lowest BCUT2D eigenvalue weighted by Gasteiger charge is -2.29. The molecular weight excluding hydrogens is 368 g/mol. The molecule has 0 aliphatic carbocycles. The molecule has 0 saturated carbocycles. The van der Waals surface area contributed by atoms with Crippen LogP contribution in [0, 0.1) is 22.7 Å². The molecule has 0 aromatic heterocycles. The van der Waals surface area contributed by atoms with Gasteiger partial charge in [0.2, 0.25) is 11.8 Å². The predicted molar refractivity (Wildman–Crippen MR) is 121 cm³/mol. The van der Waals surface area contributed by atoms with Gasteiger partial charge in [0.1, 0.15) is 0 Å². The lowest BCUT2D eigenvalue weighted by Crippen LogP contribution is -2.38. The van der Waals surface area contributed by atoms with Crippen molar-refractivity contribution in [3.63, 3.8) is 0 Å². The summed E-state index contributed by atoms with van der Waals surface area (Å²) < 4.78 is 0. The fourth-order valence-electron chi connectivity index (χ4n) is 3.33. The SMILES string of the molecule is C.C.C.CC(C)(C)C1CC=CCN(O)C1=O.CC(C)(C)C1CCCCN(O)C1=O. The van der Waals surface area contributed by atoms with Gasteiger partial charge in [0.05, 0.1) is 6.54 Å². The number of hydrogen-bond donors (Lipinski definition) is 2. The summed E-state index contributed by atoms with van der Waals surface area (Å²) in [6.45, 7) is 13.0. The van der Waals surface area contributed by atoms with Crippen LogP contribution in [-0.4, -0.2) is 45.4 Å². The third-order valence-corrected chi connectivity index (χ3v) is 5.13. The lowest BCUT2D eigenvalue weighted by molar-refractivity contribution is -0.172. The van der Waals surface area contributed by atoms with Gasteiger partial charge in [0.25, 0.3) is 0 Å². The molecule has 1 saturated heterocycles. The Labute approximate surface area is 179 Å². The highest BCUT2D eigenvalue weighted by atomic mass is 16.5. The van der Waals surface area contributed by atoms with Crippen LogP contribution in [0.15, 0.2) is 12.2 Å². The van der Waals surface area contributed by atoms with Crippen molar-refractivity contribution in [1.29, 1.82) is 0 Å². The van der Waals surface area contributed by atoms with E-state index in [9.17, 15) is 20.0 Å². The fraction of sp³-hybridized carbons (Fsp3) is 0.826. The zero-order chi connectivity index (χ0) is 20.1. The van der Waals surface area contributed by atoms with Gasteiger partial charge in [-0.3, -0.25) is 20.0 Å². The molecule has 0 aromatic rings. The van der Waals surface area contributed by atoms with E-state index in [-0.39, 0.29) is 56.8 Å². The summed E-state index contributed by atoms with van der Waals surface area (Å²) in [5.74, 6) is -0.418. The molecule has 2 atom stereocenters. The Bertz CT molecular complexity index is 516. The van der Waals surface area contributed by atoms with Crippen molar-refractivity contribution >= 4 is 11.8 Å². The molecule has 2 N–H and O–H groups in total. The van der Waals surface area contributed by atoms with E-state index in [0.717, 1.165) is 35.8 Å². The van der Waals surface area contributed by atoms with Crippen LogP contribution >= 0.6 is 0 Å². The van der Waals surface area contributed by atoms with Crippen molar-refractivity contribution in [3.05, 3.63) is 12.2 Å². The molecule has 0 aromatic carbocycles. The van der Waals surface area contributed by atoms with Crippen LogP contribution in [0.2, 0.25) is 0 Å². The Morgan fingerprint density at radius 2 is 1.28 bits per heavy atom. The van der Waals surface area contributed by atoms with Crippen molar-refractivity contribution in [2.75, 3.05) is 13.1 Å². The first-order valence-corrected chi connectivity index (χ1v) is 9.51. The zero-order valence-electron chi connectivity index (χ0n) is 17.2. The second kappa shape index (κ2) is 13.0. The first-order valence-electron chi connectivity index (χ1n) is 9.51. The summed E-state index contributed by atoms with van der Waals surface area (Å²) in [6, 6.07) is 0. The third kappa shape index (κ3) is 9.77. The average Bonchev–Trinajstić information content (AvgIpc) is 2.77. The van der Waals surface area contributed by atoms with Gasteiger partial charge in [0.15, 0.2) is 0 Å². The smallest absolute Gasteiger partial charge is 0.250 e. The van der Waals surface area contributed by atoms with E-state index in [4.69, 9.17) is 0 Å². The van der Waals surface area contributed by atoms with E-state index in [1.807, 2.05) is 32.9 Å². The van der Waals surface area contributed by atoms with Gasteiger partial charge in [-0.05, 0) is 30.1 Å². The fourth-order valence-corrected chi connectivity index (χ4v) is 3.33. The molecule has 0 bridgehead atoms. The molecule has 2 heterocycles. The highest BCUT2D eigenvalue weighted by Gasteiger charge is 2.35. The summed E-state index contributed by atoms with van der Waals surface area (Å²) in [4.78, 5) is 23.3. The molecule has 6 heteroatoms. The number of hydrogen-bond acceptors (Lipinski definition) is 4. The van der Waals surface area contributed by atoms with E-state index in [0.29, 0.717) is 13.1 Å². The van der Waals surface area contributed by atoms with Crippen LogP contribution in [0.1, 0.15) is 89.5 Å². The van der Waals surface area contributed by atoms with Gasteiger partial charge >= 0.3 is 0 Å². The highest BCUT2D eigenvalue weighted by Crippen LogP contribution is 2.33. The van der Waals surface area contributed by atoms with Gasteiger partial charge in [-0.1, -0.05) is 82.4 Å². The predicted octanol–water partition coefficient (Wildman–Crippen LogP) is 5.79. The van der Waals surface area contributed by atoms with Crippen molar-refractivity contribution in [1.82, 2.24) is 10.1 Å². The van der Waals surface area contributed by atoms with Gasteiger partial charge in [-0.2, -0.15) is 0 Å². The number of hydroxylamine groups is 4. The minimum Gasteiger partial charge on any atom is -0.286 e. The van der Waals surface area contributed by atoms with Crippen molar-refractivity contribution in [2.24, 2.45) is 22.7 Å². The van der Waals surface area contributed by atoms with Crippen LogP contribution in [0.25, 0.3) is 0 Å². The number of carbonyl (C=O) groups excluding carboxylic acids is 2. The Morgan fingerprint density at radius 1 is 0.793 bits per heavy atom. The number of rotatable bonds is 0. The van der Waals surface area contributed by atoms with Crippen LogP contribution in [-0.2, 0) is 9.59 Å².